The van der Waals surface area contributed by atoms with Gasteiger partial charge in [0.1, 0.15) is 11.8 Å². The van der Waals surface area contributed by atoms with Crippen LogP contribution in [0, 0.1) is 0 Å². The molecular formula is C30H44N2O4. The van der Waals surface area contributed by atoms with Gasteiger partial charge in [-0.15, -0.1) is 0 Å². The number of benzene rings is 2. The number of aromatic hydroxyl groups is 1. The first kappa shape index (κ1) is 29.4. The minimum atomic E-state index is -0.763. The van der Waals surface area contributed by atoms with Gasteiger partial charge in [0.25, 0.3) is 0 Å². The van der Waals surface area contributed by atoms with Crippen LogP contribution in [0.3, 0.4) is 0 Å². The van der Waals surface area contributed by atoms with Crippen LogP contribution in [0.5, 0.6) is 5.75 Å². The number of ether oxygens (including phenoxy) is 1. The third-order valence-corrected chi connectivity index (χ3v) is 6.10. The van der Waals surface area contributed by atoms with Crippen LogP contribution in [0.1, 0.15) is 89.6 Å². The first-order valence-corrected chi connectivity index (χ1v) is 12.9. The topological polar surface area (TPSA) is 87.7 Å². The van der Waals surface area contributed by atoms with Crippen molar-refractivity contribution in [2.75, 3.05) is 19.8 Å². The van der Waals surface area contributed by atoms with E-state index in [0.717, 1.165) is 22.3 Å². The Labute approximate surface area is 216 Å². The molecular weight excluding hydrogens is 452 g/mol. The molecule has 2 amide bonds. The van der Waals surface area contributed by atoms with Crippen LogP contribution >= 0.6 is 0 Å². The number of aryl methyl sites for hydroxylation is 1. The number of nitrogens with one attached hydrogen (secondary N) is 2. The Morgan fingerprint density at radius 1 is 0.972 bits per heavy atom. The summed E-state index contributed by atoms with van der Waals surface area (Å²) in [4.78, 5) is 25.9. The fourth-order valence-electron chi connectivity index (χ4n) is 4.05. The van der Waals surface area contributed by atoms with Gasteiger partial charge in [-0.05, 0) is 52.8 Å². The summed E-state index contributed by atoms with van der Waals surface area (Å²) < 4.78 is 5.33. The lowest BCUT2D eigenvalue weighted by Gasteiger charge is -2.28. The SMILES string of the molecule is CCOCCCNC(=O)[C@@H](NC(=O)CCc1cc(C(C)(C)C)c(O)c(C(C)(C)C)c1)c1ccccc1. The summed E-state index contributed by atoms with van der Waals surface area (Å²) in [5.41, 5.74) is 3.01. The second-order valence-corrected chi connectivity index (χ2v) is 11.3. The quantitative estimate of drug-likeness (QED) is 0.368. The molecule has 198 valence electrons. The molecule has 3 N–H and O–H groups in total. The van der Waals surface area contributed by atoms with Crippen molar-refractivity contribution in [2.45, 2.75) is 84.6 Å². The number of carbonyl (C=O) groups excluding carboxylic acids is 2. The van der Waals surface area contributed by atoms with Crippen LogP contribution in [0.15, 0.2) is 42.5 Å². The molecule has 2 aromatic rings. The molecule has 0 bridgehead atoms. The fourth-order valence-corrected chi connectivity index (χ4v) is 4.05. The highest BCUT2D eigenvalue weighted by Crippen LogP contribution is 2.40. The summed E-state index contributed by atoms with van der Waals surface area (Å²) in [6.45, 7) is 16.1. The van der Waals surface area contributed by atoms with Gasteiger partial charge < -0.3 is 20.5 Å². The molecule has 0 unspecified atom stereocenters. The fraction of sp³-hybridized carbons (Fsp3) is 0.533. The van der Waals surface area contributed by atoms with Crippen LogP contribution in [-0.4, -0.2) is 36.7 Å². The summed E-state index contributed by atoms with van der Waals surface area (Å²) in [5, 5.41) is 16.8. The molecule has 2 aromatic carbocycles. The monoisotopic (exact) mass is 496 g/mol. The van der Waals surface area contributed by atoms with E-state index in [1.807, 2.05) is 49.4 Å². The van der Waals surface area contributed by atoms with E-state index < -0.39 is 6.04 Å². The Bertz CT molecular complexity index is 969. The van der Waals surface area contributed by atoms with Crippen molar-refractivity contribution >= 4 is 11.8 Å². The van der Waals surface area contributed by atoms with Gasteiger partial charge in [-0.1, -0.05) is 84.0 Å². The van der Waals surface area contributed by atoms with Gasteiger partial charge in [-0.2, -0.15) is 0 Å². The highest BCUT2D eigenvalue weighted by atomic mass is 16.5. The second kappa shape index (κ2) is 12.9. The maximum absolute atomic E-state index is 13.0. The van der Waals surface area contributed by atoms with Crippen molar-refractivity contribution in [2.24, 2.45) is 0 Å². The predicted octanol–water partition coefficient (Wildman–Crippen LogP) is 5.32. The van der Waals surface area contributed by atoms with Crippen LogP contribution in [0.4, 0.5) is 0 Å². The predicted molar refractivity (Wildman–Crippen MR) is 145 cm³/mol. The van der Waals surface area contributed by atoms with Crippen LogP contribution in [0.25, 0.3) is 0 Å². The Morgan fingerprint density at radius 3 is 2.08 bits per heavy atom. The zero-order valence-electron chi connectivity index (χ0n) is 23.0. The molecule has 2 rings (SSSR count). The molecule has 0 aliphatic heterocycles. The standard InChI is InChI=1S/C30H44N2O4/c1-8-36-18-12-17-31-28(35)26(22-13-10-9-11-14-22)32-25(33)16-15-21-19-23(29(2,3)4)27(34)24(20-21)30(5,6)7/h9-11,13-14,19-20,26,34H,8,12,15-18H2,1-7H3,(H,31,35)(H,32,33)/t26-/m0/s1. The number of rotatable bonds is 11. The zero-order valence-corrected chi connectivity index (χ0v) is 23.0. The number of phenols is 1. The Kier molecular flexibility index (Phi) is 10.5. The lowest BCUT2D eigenvalue weighted by atomic mass is 9.78. The van der Waals surface area contributed by atoms with Crippen molar-refractivity contribution in [3.05, 3.63) is 64.7 Å². The third kappa shape index (κ3) is 8.66. The number of phenolic OH excluding ortho intramolecular Hbond substituents is 1. The second-order valence-electron chi connectivity index (χ2n) is 11.3. The molecule has 0 heterocycles. The van der Waals surface area contributed by atoms with Gasteiger partial charge in [0.2, 0.25) is 11.8 Å². The number of amides is 2. The summed E-state index contributed by atoms with van der Waals surface area (Å²) in [5.74, 6) is -0.106. The van der Waals surface area contributed by atoms with Gasteiger partial charge in [-0.3, -0.25) is 9.59 Å². The summed E-state index contributed by atoms with van der Waals surface area (Å²) in [7, 11) is 0. The van der Waals surface area contributed by atoms with Gasteiger partial charge in [0.15, 0.2) is 0 Å². The first-order valence-electron chi connectivity index (χ1n) is 12.9. The van der Waals surface area contributed by atoms with Crippen molar-refractivity contribution in [3.63, 3.8) is 0 Å². The van der Waals surface area contributed by atoms with E-state index in [1.165, 1.54) is 0 Å². The molecule has 0 spiro atoms. The Morgan fingerprint density at radius 2 is 1.56 bits per heavy atom. The normalized spacial score (nSPS) is 12.8. The minimum absolute atomic E-state index is 0.198. The van der Waals surface area contributed by atoms with E-state index in [4.69, 9.17) is 4.74 Å². The molecule has 0 saturated carbocycles. The molecule has 0 aliphatic carbocycles. The lowest BCUT2D eigenvalue weighted by Crippen LogP contribution is -2.41. The number of carbonyl (C=O) groups is 2. The number of hydrogen-bond donors (Lipinski definition) is 3. The van der Waals surface area contributed by atoms with Crippen molar-refractivity contribution < 1.29 is 19.4 Å². The molecule has 0 radical (unpaired) electrons. The van der Waals surface area contributed by atoms with Crippen molar-refractivity contribution in [1.82, 2.24) is 10.6 Å². The van der Waals surface area contributed by atoms with Crippen LogP contribution < -0.4 is 10.6 Å². The van der Waals surface area contributed by atoms with Crippen LogP contribution in [-0.2, 0) is 31.6 Å². The molecule has 1 atom stereocenters. The van der Waals surface area contributed by atoms with Gasteiger partial charge in [0.05, 0.1) is 0 Å². The van der Waals surface area contributed by atoms with E-state index in [0.29, 0.717) is 38.3 Å². The van der Waals surface area contributed by atoms with E-state index in [-0.39, 0.29) is 29.1 Å². The molecule has 0 aliphatic rings. The molecule has 6 nitrogen and oxygen atoms in total. The van der Waals surface area contributed by atoms with Gasteiger partial charge in [-0.25, -0.2) is 0 Å². The van der Waals surface area contributed by atoms with Gasteiger partial charge in [0, 0.05) is 26.2 Å². The average Bonchev–Trinajstić information content (AvgIpc) is 2.80. The summed E-state index contributed by atoms with van der Waals surface area (Å²) in [6.07, 6.45) is 1.46. The largest absolute Gasteiger partial charge is 0.507 e. The van der Waals surface area contributed by atoms with E-state index in [9.17, 15) is 14.7 Å². The maximum Gasteiger partial charge on any atom is 0.247 e. The molecule has 0 saturated heterocycles. The van der Waals surface area contributed by atoms with Crippen molar-refractivity contribution in [1.29, 1.82) is 0 Å². The van der Waals surface area contributed by atoms with Crippen molar-refractivity contribution in [3.8, 4) is 5.75 Å². The number of hydrogen-bond acceptors (Lipinski definition) is 4. The summed E-state index contributed by atoms with van der Waals surface area (Å²) >= 11 is 0. The first-order chi connectivity index (χ1) is 16.8. The van der Waals surface area contributed by atoms with E-state index >= 15 is 0 Å². The molecule has 36 heavy (non-hydrogen) atoms. The minimum Gasteiger partial charge on any atom is -0.507 e. The Hall–Kier alpha value is -2.86. The molecule has 0 fully saturated rings. The molecule has 6 heteroatoms. The van der Waals surface area contributed by atoms with Gasteiger partial charge >= 0.3 is 0 Å². The molecule has 0 aromatic heterocycles. The smallest absolute Gasteiger partial charge is 0.247 e. The lowest BCUT2D eigenvalue weighted by molar-refractivity contribution is -0.129. The summed E-state index contributed by atoms with van der Waals surface area (Å²) in [6, 6.07) is 12.5. The third-order valence-electron chi connectivity index (χ3n) is 6.10. The highest BCUT2D eigenvalue weighted by molar-refractivity contribution is 5.88. The highest BCUT2D eigenvalue weighted by Gasteiger charge is 2.27. The maximum atomic E-state index is 13.0. The van der Waals surface area contributed by atoms with Crippen LogP contribution in [0.2, 0.25) is 0 Å². The van der Waals surface area contributed by atoms with E-state index in [2.05, 4.69) is 52.2 Å². The van der Waals surface area contributed by atoms with E-state index in [1.54, 1.807) is 0 Å². The average molecular weight is 497 g/mol. The Balaban J connectivity index is 2.15. The zero-order chi connectivity index (χ0) is 26.9.